The highest BCUT2D eigenvalue weighted by Gasteiger charge is 2.25. The van der Waals surface area contributed by atoms with Gasteiger partial charge in [0, 0.05) is 23.0 Å². The number of anilines is 1. The van der Waals surface area contributed by atoms with Crippen LogP contribution in [0.5, 0.6) is 0 Å². The molecule has 0 aliphatic rings. The minimum absolute atomic E-state index is 0.0480. The van der Waals surface area contributed by atoms with E-state index in [1.54, 1.807) is 32.0 Å². The Morgan fingerprint density at radius 2 is 1.74 bits per heavy atom. The third-order valence-electron chi connectivity index (χ3n) is 3.61. The van der Waals surface area contributed by atoms with Gasteiger partial charge in [-0.1, -0.05) is 18.2 Å². The summed E-state index contributed by atoms with van der Waals surface area (Å²) in [5.74, 6) is -0.0480. The molecule has 0 bridgehead atoms. The minimum Gasteiger partial charge on any atom is -0.464 e. The number of nitrogens with zero attached hydrogens (tertiary/aromatic N) is 3. The van der Waals surface area contributed by atoms with Crippen molar-refractivity contribution in [2.45, 2.75) is 18.7 Å². The fourth-order valence-electron chi connectivity index (χ4n) is 2.61. The third-order valence-corrected chi connectivity index (χ3v) is 4.96. The van der Waals surface area contributed by atoms with Crippen molar-refractivity contribution in [2.75, 3.05) is 5.32 Å². The van der Waals surface area contributed by atoms with E-state index < -0.39 is 22.1 Å². The SMILES string of the molecule is Cc1cc(C)nc(NC(=O)NS(=O)(=O)c2cn(C(=O)O)c3ccccc23)n1. The molecule has 0 aliphatic heterocycles. The second-order valence-corrected chi connectivity index (χ2v) is 7.35. The molecule has 3 rings (SSSR count). The van der Waals surface area contributed by atoms with Crippen LogP contribution in [0.2, 0.25) is 0 Å². The number of sulfonamides is 1. The van der Waals surface area contributed by atoms with Gasteiger partial charge < -0.3 is 5.11 Å². The molecule has 0 radical (unpaired) electrons. The lowest BCUT2D eigenvalue weighted by Crippen LogP contribution is -2.35. The number of urea groups is 1. The predicted octanol–water partition coefficient (Wildman–Crippen LogP) is 2.08. The largest absolute Gasteiger partial charge is 0.464 e. The Morgan fingerprint density at radius 3 is 2.37 bits per heavy atom. The average Bonchev–Trinajstić information content (AvgIpc) is 2.93. The van der Waals surface area contributed by atoms with E-state index in [0.29, 0.717) is 11.4 Å². The third kappa shape index (κ3) is 3.72. The number of amides is 2. The van der Waals surface area contributed by atoms with Crippen LogP contribution < -0.4 is 10.0 Å². The molecule has 27 heavy (non-hydrogen) atoms. The number of rotatable bonds is 3. The first-order valence-electron chi connectivity index (χ1n) is 7.67. The van der Waals surface area contributed by atoms with Gasteiger partial charge in [-0.05, 0) is 26.0 Å². The molecular weight excluding hydrogens is 374 g/mol. The Morgan fingerprint density at radius 1 is 1.11 bits per heavy atom. The molecule has 11 heteroatoms. The zero-order valence-corrected chi connectivity index (χ0v) is 15.1. The molecule has 2 heterocycles. The topological polar surface area (TPSA) is 143 Å². The second kappa shape index (κ2) is 6.68. The number of hydrogen-bond donors (Lipinski definition) is 3. The highest BCUT2D eigenvalue weighted by molar-refractivity contribution is 7.90. The summed E-state index contributed by atoms with van der Waals surface area (Å²) in [6, 6.07) is 6.69. The van der Waals surface area contributed by atoms with Gasteiger partial charge in [-0.3, -0.25) is 9.88 Å². The van der Waals surface area contributed by atoms with Gasteiger partial charge in [0.1, 0.15) is 4.90 Å². The molecule has 0 spiro atoms. The maximum absolute atomic E-state index is 12.6. The molecule has 1 aromatic carbocycles. The van der Waals surface area contributed by atoms with Gasteiger partial charge in [0.25, 0.3) is 10.0 Å². The molecule has 0 aliphatic carbocycles. The van der Waals surface area contributed by atoms with Crippen LogP contribution in [0.4, 0.5) is 15.5 Å². The van der Waals surface area contributed by atoms with E-state index >= 15 is 0 Å². The molecule has 2 amide bonds. The number of carbonyl (C=O) groups excluding carboxylic acids is 1. The molecule has 0 saturated heterocycles. The molecule has 0 unspecified atom stereocenters. The highest BCUT2D eigenvalue weighted by Crippen LogP contribution is 2.25. The molecular formula is C16H15N5O5S. The number of aryl methyl sites for hydroxylation is 2. The number of para-hydroxylation sites is 1. The lowest BCUT2D eigenvalue weighted by Gasteiger charge is -2.08. The standard InChI is InChI=1S/C16H15N5O5S/c1-9-7-10(2)18-14(17-9)19-15(22)20-27(25,26)13-8-21(16(23)24)12-6-4-3-5-11(12)13/h3-8H,1-2H3,(H,23,24)(H2,17,18,19,20,22). The van der Waals surface area contributed by atoms with Gasteiger partial charge in [0.2, 0.25) is 5.95 Å². The van der Waals surface area contributed by atoms with E-state index in [9.17, 15) is 23.1 Å². The molecule has 140 valence electrons. The van der Waals surface area contributed by atoms with E-state index in [4.69, 9.17) is 0 Å². The summed E-state index contributed by atoms with van der Waals surface area (Å²) in [5.41, 5.74) is 1.39. The van der Waals surface area contributed by atoms with Gasteiger partial charge in [0.05, 0.1) is 5.52 Å². The Balaban J connectivity index is 1.92. The quantitative estimate of drug-likeness (QED) is 0.622. The molecule has 0 atom stereocenters. The number of nitrogens with one attached hydrogen (secondary N) is 2. The summed E-state index contributed by atoms with van der Waals surface area (Å²) >= 11 is 0. The first-order chi connectivity index (χ1) is 12.7. The van der Waals surface area contributed by atoms with Crippen LogP contribution >= 0.6 is 0 Å². The van der Waals surface area contributed by atoms with Crippen LogP contribution in [-0.2, 0) is 10.0 Å². The summed E-state index contributed by atoms with van der Waals surface area (Å²) in [6.07, 6.45) is -0.406. The number of carbonyl (C=O) groups is 2. The van der Waals surface area contributed by atoms with Crippen molar-refractivity contribution >= 4 is 39.0 Å². The Bertz CT molecular complexity index is 1150. The fraction of sp³-hybridized carbons (Fsp3) is 0.125. The number of fused-ring (bicyclic) bond motifs is 1. The Hall–Kier alpha value is -3.47. The van der Waals surface area contributed by atoms with Crippen LogP contribution in [-0.4, -0.2) is 40.2 Å². The van der Waals surface area contributed by atoms with Crippen LogP contribution in [0.3, 0.4) is 0 Å². The maximum atomic E-state index is 12.6. The van der Waals surface area contributed by atoms with Gasteiger partial charge in [0.15, 0.2) is 0 Å². The van der Waals surface area contributed by atoms with Gasteiger partial charge in [-0.2, -0.15) is 0 Å². The molecule has 0 fully saturated rings. The van der Waals surface area contributed by atoms with Crippen molar-refractivity contribution in [1.82, 2.24) is 19.3 Å². The molecule has 0 saturated carbocycles. The average molecular weight is 389 g/mol. The van der Waals surface area contributed by atoms with Crippen molar-refractivity contribution in [3.8, 4) is 0 Å². The zero-order valence-electron chi connectivity index (χ0n) is 14.3. The first-order valence-corrected chi connectivity index (χ1v) is 9.15. The van der Waals surface area contributed by atoms with E-state index in [1.807, 2.05) is 4.72 Å². The lowest BCUT2D eigenvalue weighted by atomic mass is 10.2. The van der Waals surface area contributed by atoms with E-state index in [-0.39, 0.29) is 21.7 Å². The van der Waals surface area contributed by atoms with Gasteiger partial charge in [-0.15, -0.1) is 0 Å². The van der Waals surface area contributed by atoms with Gasteiger partial charge >= 0.3 is 12.1 Å². The van der Waals surface area contributed by atoms with Gasteiger partial charge in [-0.25, -0.2) is 32.7 Å². The number of aromatic nitrogens is 3. The monoisotopic (exact) mass is 389 g/mol. The second-order valence-electron chi connectivity index (χ2n) is 5.70. The van der Waals surface area contributed by atoms with E-state index in [2.05, 4.69) is 15.3 Å². The maximum Gasteiger partial charge on any atom is 0.416 e. The summed E-state index contributed by atoms with van der Waals surface area (Å²) in [6.45, 7) is 3.41. The molecule has 3 N–H and O–H groups in total. The summed E-state index contributed by atoms with van der Waals surface area (Å²) in [4.78, 5) is 31.1. The number of hydrogen-bond acceptors (Lipinski definition) is 6. The lowest BCUT2D eigenvalue weighted by molar-refractivity contribution is 0.197. The Kier molecular flexibility index (Phi) is 4.54. The number of carboxylic acid groups (broad SMARTS) is 1. The van der Waals surface area contributed by atoms with E-state index in [1.165, 1.54) is 12.1 Å². The van der Waals surface area contributed by atoms with Crippen molar-refractivity contribution in [3.05, 3.63) is 47.9 Å². The van der Waals surface area contributed by atoms with Crippen molar-refractivity contribution in [1.29, 1.82) is 0 Å². The van der Waals surface area contributed by atoms with Crippen LogP contribution in [0, 0.1) is 13.8 Å². The first kappa shape index (κ1) is 18.3. The number of benzene rings is 1. The highest BCUT2D eigenvalue weighted by atomic mass is 32.2. The minimum atomic E-state index is -4.34. The smallest absolute Gasteiger partial charge is 0.416 e. The van der Waals surface area contributed by atoms with Crippen molar-refractivity contribution < 1.29 is 23.1 Å². The summed E-state index contributed by atoms with van der Waals surface area (Å²) in [5, 5.41) is 11.7. The van der Waals surface area contributed by atoms with Crippen LogP contribution in [0.15, 0.2) is 41.4 Å². The zero-order chi connectivity index (χ0) is 19.8. The molecule has 3 aromatic rings. The fourth-order valence-corrected chi connectivity index (χ4v) is 3.72. The molecule has 10 nitrogen and oxygen atoms in total. The van der Waals surface area contributed by atoms with Crippen molar-refractivity contribution in [3.63, 3.8) is 0 Å². The van der Waals surface area contributed by atoms with Crippen molar-refractivity contribution in [2.24, 2.45) is 0 Å². The molecule has 2 aromatic heterocycles. The Labute approximate surface area is 153 Å². The summed E-state index contributed by atoms with van der Waals surface area (Å²) in [7, 11) is -4.34. The van der Waals surface area contributed by atoms with Crippen LogP contribution in [0.1, 0.15) is 11.4 Å². The normalized spacial score (nSPS) is 11.3. The summed E-state index contributed by atoms with van der Waals surface area (Å²) < 4.78 is 27.8. The van der Waals surface area contributed by atoms with E-state index in [0.717, 1.165) is 10.8 Å². The predicted molar refractivity (Wildman–Crippen MR) is 96.2 cm³/mol. The van der Waals surface area contributed by atoms with Crippen LogP contribution in [0.25, 0.3) is 10.9 Å².